The van der Waals surface area contributed by atoms with E-state index >= 15 is 0 Å². The first-order valence-electron chi connectivity index (χ1n) is 6.79. The molecule has 7 heteroatoms. The first-order valence-corrected chi connectivity index (χ1v) is 6.79. The second kappa shape index (κ2) is 11.9. The van der Waals surface area contributed by atoms with Gasteiger partial charge in [-0.2, -0.15) is 0 Å². The molecular formula is C12H27N5O2. The Bertz CT molecular complexity index is 261. The number of amides is 2. The molecule has 0 fully saturated rings. The molecule has 2 amide bonds. The highest BCUT2D eigenvalue weighted by Gasteiger charge is 2.07. The van der Waals surface area contributed by atoms with Crippen LogP contribution >= 0.6 is 0 Å². The highest BCUT2D eigenvalue weighted by atomic mass is 16.2. The molecule has 0 aromatic rings. The number of nitrogens with zero attached hydrogens (tertiary/aromatic N) is 1. The first-order chi connectivity index (χ1) is 9.13. The highest BCUT2D eigenvalue weighted by Crippen LogP contribution is 1.91. The molecule has 19 heavy (non-hydrogen) atoms. The molecule has 6 N–H and O–H groups in total. The van der Waals surface area contributed by atoms with E-state index in [0.717, 1.165) is 13.1 Å². The molecule has 0 unspecified atom stereocenters. The van der Waals surface area contributed by atoms with E-state index in [2.05, 4.69) is 15.5 Å². The first kappa shape index (κ1) is 17.8. The van der Waals surface area contributed by atoms with E-state index in [1.807, 2.05) is 6.92 Å². The van der Waals surface area contributed by atoms with E-state index in [1.54, 1.807) is 0 Å². The predicted molar refractivity (Wildman–Crippen MR) is 75.5 cm³/mol. The van der Waals surface area contributed by atoms with Crippen LogP contribution in [0, 0.1) is 0 Å². The van der Waals surface area contributed by atoms with Crippen molar-refractivity contribution in [2.24, 2.45) is 11.5 Å². The van der Waals surface area contributed by atoms with Crippen LogP contribution in [0.25, 0.3) is 0 Å². The van der Waals surface area contributed by atoms with Gasteiger partial charge < -0.3 is 27.0 Å². The summed E-state index contributed by atoms with van der Waals surface area (Å²) < 4.78 is 0. The lowest BCUT2D eigenvalue weighted by Crippen LogP contribution is -2.38. The SMILES string of the molecule is CCN(CCNC(=O)CCN)CCC(=O)NCCN. The van der Waals surface area contributed by atoms with Crippen molar-refractivity contribution in [1.29, 1.82) is 0 Å². The molecule has 0 aromatic heterocycles. The molecule has 0 radical (unpaired) electrons. The summed E-state index contributed by atoms with van der Waals surface area (Å²) in [7, 11) is 0. The number of nitrogens with two attached hydrogens (primary N) is 2. The van der Waals surface area contributed by atoms with E-state index in [9.17, 15) is 9.59 Å². The van der Waals surface area contributed by atoms with Crippen molar-refractivity contribution in [3.05, 3.63) is 0 Å². The average Bonchev–Trinajstić information content (AvgIpc) is 2.40. The molecule has 0 aliphatic heterocycles. The monoisotopic (exact) mass is 273 g/mol. The Morgan fingerprint density at radius 3 is 2.16 bits per heavy atom. The molecule has 0 aliphatic rings. The van der Waals surface area contributed by atoms with E-state index < -0.39 is 0 Å². The Hall–Kier alpha value is -1.18. The Morgan fingerprint density at radius 1 is 0.947 bits per heavy atom. The Labute approximate surface area is 115 Å². The molecule has 0 rings (SSSR count). The zero-order valence-corrected chi connectivity index (χ0v) is 11.8. The van der Waals surface area contributed by atoms with Gasteiger partial charge in [0.05, 0.1) is 0 Å². The summed E-state index contributed by atoms with van der Waals surface area (Å²) in [6.07, 6.45) is 0.804. The van der Waals surface area contributed by atoms with Gasteiger partial charge >= 0.3 is 0 Å². The number of nitrogens with one attached hydrogen (secondary N) is 2. The third-order valence-electron chi connectivity index (χ3n) is 2.69. The van der Waals surface area contributed by atoms with Gasteiger partial charge in [0, 0.05) is 52.1 Å². The topological polar surface area (TPSA) is 113 Å². The second-order valence-electron chi connectivity index (χ2n) is 4.21. The summed E-state index contributed by atoms with van der Waals surface area (Å²) in [5.74, 6) is -0.0182. The largest absolute Gasteiger partial charge is 0.355 e. The van der Waals surface area contributed by atoms with Gasteiger partial charge in [-0.3, -0.25) is 9.59 Å². The molecular weight excluding hydrogens is 246 g/mol. The van der Waals surface area contributed by atoms with Crippen molar-refractivity contribution in [1.82, 2.24) is 15.5 Å². The summed E-state index contributed by atoms with van der Waals surface area (Å²) in [5.41, 5.74) is 10.6. The Balaban J connectivity index is 3.70. The second-order valence-corrected chi connectivity index (χ2v) is 4.21. The quantitative estimate of drug-likeness (QED) is 0.356. The van der Waals surface area contributed by atoms with Gasteiger partial charge in [-0.1, -0.05) is 6.92 Å². The van der Waals surface area contributed by atoms with E-state index in [1.165, 1.54) is 0 Å². The van der Waals surface area contributed by atoms with Crippen molar-refractivity contribution >= 4 is 11.8 Å². The molecule has 0 spiro atoms. The fourth-order valence-electron chi connectivity index (χ4n) is 1.56. The minimum atomic E-state index is -0.0285. The predicted octanol–water partition coefficient (Wildman–Crippen LogP) is -1.76. The average molecular weight is 273 g/mol. The number of rotatable bonds is 11. The van der Waals surface area contributed by atoms with Gasteiger partial charge in [0.25, 0.3) is 0 Å². The summed E-state index contributed by atoms with van der Waals surface area (Å²) in [6.45, 7) is 6.20. The Morgan fingerprint density at radius 2 is 1.58 bits per heavy atom. The van der Waals surface area contributed by atoms with Crippen LogP contribution in [0.15, 0.2) is 0 Å². The third-order valence-corrected chi connectivity index (χ3v) is 2.69. The van der Waals surface area contributed by atoms with E-state index in [-0.39, 0.29) is 11.8 Å². The van der Waals surface area contributed by atoms with Crippen molar-refractivity contribution in [3.63, 3.8) is 0 Å². The van der Waals surface area contributed by atoms with Crippen molar-refractivity contribution < 1.29 is 9.59 Å². The molecule has 7 nitrogen and oxygen atoms in total. The van der Waals surface area contributed by atoms with Gasteiger partial charge in [0.2, 0.25) is 11.8 Å². The molecule has 0 saturated carbocycles. The highest BCUT2D eigenvalue weighted by molar-refractivity contribution is 5.76. The van der Waals surface area contributed by atoms with Gasteiger partial charge in [-0.05, 0) is 6.54 Å². The molecule has 0 bridgehead atoms. The number of carbonyl (C=O) groups excluding carboxylic acids is 2. The van der Waals surface area contributed by atoms with Crippen LogP contribution in [0.1, 0.15) is 19.8 Å². The van der Waals surface area contributed by atoms with Crippen LogP contribution in [0.5, 0.6) is 0 Å². The van der Waals surface area contributed by atoms with Crippen molar-refractivity contribution in [2.45, 2.75) is 19.8 Å². The maximum Gasteiger partial charge on any atom is 0.221 e. The van der Waals surface area contributed by atoms with Crippen molar-refractivity contribution in [3.8, 4) is 0 Å². The maximum atomic E-state index is 11.4. The van der Waals surface area contributed by atoms with Crippen molar-refractivity contribution in [2.75, 3.05) is 45.8 Å². The van der Waals surface area contributed by atoms with Crippen LogP contribution in [0.3, 0.4) is 0 Å². The van der Waals surface area contributed by atoms with Crippen LogP contribution in [0.4, 0.5) is 0 Å². The summed E-state index contributed by atoms with van der Waals surface area (Å²) >= 11 is 0. The molecule has 0 atom stereocenters. The summed E-state index contributed by atoms with van der Waals surface area (Å²) in [4.78, 5) is 24.7. The van der Waals surface area contributed by atoms with Crippen LogP contribution in [0.2, 0.25) is 0 Å². The van der Waals surface area contributed by atoms with Crippen LogP contribution in [-0.2, 0) is 9.59 Å². The van der Waals surface area contributed by atoms with Gasteiger partial charge in [-0.25, -0.2) is 0 Å². The van der Waals surface area contributed by atoms with Gasteiger partial charge in [0.1, 0.15) is 0 Å². The smallest absolute Gasteiger partial charge is 0.221 e. The van der Waals surface area contributed by atoms with E-state index in [0.29, 0.717) is 45.6 Å². The zero-order chi connectivity index (χ0) is 14.5. The third kappa shape index (κ3) is 10.4. The van der Waals surface area contributed by atoms with E-state index in [4.69, 9.17) is 11.5 Å². The molecule has 112 valence electrons. The molecule has 0 heterocycles. The standard InChI is InChI=1S/C12H27N5O2/c1-2-17(9-4-12(19)15-7-6-14)10-8-16-11(18)3-5-13/h2-10,13-14H2,1H3,(H,15,19)(H,16,18). The van der Waals surface area contributed by atoms with Crippen LogP contribution in [-0.4, -0.2) is 62.5 Å². The lowest BCUT2D eigenvalue weighted by molar-refractivity contribution is -0.122. The molecule has 0 aliphatic carbocycles. The normalized spacial score (nSPS) is 10.5. The number of hydrogen-bond donors (Lipinski definition) is 4. The van der Waals surface area contributed by atoms with Crippen LogP contribution < -0.4 is 22.1 Å². The Kier molecular flexibility index (Phi) is 11.1. The minimum absolute atomic E-state index is 0.0102. The fraction of sp³-hybridized carbons (Fsp3) is 0.833. The maximum absolute atomic E-state index is 11.4. The number of carbonyl (C=O) groups is 2. The minimum Gasteiger partial charge on any atom is -0.355 e. The molecule has 0 aromatic carbocycles. The van der Waals surface area contributed by atoms with Gasteiger partial charge in [-0.15, -0.1) is 0 Å². The lowest BCUT2D eigenvalue weighted by atomic mass is 10.3. The fourth-order valence-corrected chi connectivity index (χ4v) is 1.56. The molecule has 0 saturated heterocycles. The zero-order valence-electron chi connectivity index (χ0n) is 11.8. The van der Waals surface area contributed by atoms with Gasteiger partial charge in [0.15, 0.2) is 0 Å². The number of hydrogen-bond acceptors (Lipinski definition) is 5. The number of likely N-dealkylation sites (N-methyl/N-ethyl adjacent to an activating group) is 1. The summed E-state index contributed by atoms with van der Waals surface area (Å²) in [5, 5.41) is 5.52. The summed E-state index contributed by atoms with van der Waals surface area (Å²) in [6, 6.07) is 0. The lowest BCUT2D eigenvalue weighted by Gasteiger charge is -2.20.